The van der Waals surface area contributed by atoms with Crippen molar-refractivity contribution in [3.05, 3.63) is 57.9 Å². The van der Waals surface area contributed by atoms with Crippen molar-refractivity contribution in [1.82, 2.24) is 15.0 Å². The van der Waals surface area contributed by atoms with Crippen molar-refractivity contribution in [2.24, 2.45) is 0 Å². The Hall–Kier alpha value is -2.87. The van der Waals surface area contributed by atoms with Crippen LogP contribution in [-0.2, 0) is 11.3 Å². The lowest BCUT2D eigenvalue weighted by atomic mass is 10.0. The summed E-state index contributed by atoms with van der Waals surface area (Å²) >= 11 is 1.43. The first-order valence-electron chi connectivity index (χ1n) is 7.84. The van der Waals surface area contributed by atoms with Gasteiger partial charge in [-0.05, 0) is 17.5 Å². The topological polar surface area (TPSA) is 86.4 Å². The SMILES string of the molecule is O=C(Cn1c(-c2cccs2)noc1=O)N[C@@H]1CCOc2ccccc21. The highest BCUT2D eigenvalue weighted by Gasteiger charge is 2.24. The van der Waals surface area contributed by atoms with Gasteiger partial charge in [0.25, 0.3) is 0 Å². The maximum Gasteiger partial charge on any atom is 0.442 e. The van der Waals surface area contributed by atoms with Gasteiger partial charge in [-0.2, -0.15) is 0 Å². The van der Waals surface area contributed by atoms with Crippen molar-refractivity contribution in [3.8, 4) is 16.5 Å². The normalized spacial score (nSPS) is 16.1. The van der Waals surface area contributed by atoms with Gasteiger partial charge in [0.05, 0.1) is 17.5 Å². The van der Waals surface area contributed by atoms with Crippen LogP contribution in [0.25, 0.3) is 10.7 Å². The number of thiophene rings is 1. The summed E-state index contributed by atoms with van der Waals surface area (Å²) in [6, 6.07) is 11.2. The predicted octanol–water partition coefficient (Wildman–Crippen LogP) is 2.20. The molecule has 1 aliphatic rings. The number of carbonyl (C=O) groups is 1. The second-order valence-electron chi connectivity index (χ2n) is 5.63. The molecular weight excluding hydrogens is 342 g/mol. The Bertz CT molecular complexity index is 945. The van der Waals surface area contributed by atoms with Gasteiger partial charge in [0.2, 0.25) is 5.91 Å². The number of amides is 1. The second kappa shape index (κ2) is 6.56. The van der Waals surface area contributed by atoms with Crippen LogP contribution in [0.4, 0.5) is 0 Å². The first kappa shape index (κ1) is 15.6. The summed E-state index contributed by atoms with van der Waals surface area (Å²) in [5, 5.41) is 8.62. The average Bonchev–Trinajstić information content (AvgIpc) is 3.26. The number of rotatable bonds is 4. The summed E-state index contributed by atoms with van der Waals surface area (Å²) in [6.07, 6.45) is 0.680. The van der Waals surface area contributed by atoms with Crippen LogP contribution in [0, 0.1) is 0 Å². The number of benzene rings is 1. The number of aromatic nitrogens is 2. The summed E-state index contributed by atoms with van der Waals surface area (Å²) in [5.74, 6) is 0.221. The van der Waals surface area contributed by atoms with Crippen molar-refractivity contribution in [2.45, 2.75) is 19.0 Å². The molecule has 1 N–H and O–H groups in total. The van der Waals surface area contributed by atoms with Gasteiger partial charge >= 0.3 is 5.76 Å². The molecule has 4 rings (SSSR count). The van der Waals surface area contributed by atoms with E-state index in [9.17, 15) is 9.59 Å². The molecule has 0 saturated heterocycles. The van der Waals surface area contributed by atoms with Gasteiger partial charge < -0.3 is 10.1 Å². The van der Waals surface area contributed by atoms with Gasteiger partial charge in [0, 0.05) is 12.0 Å². The predicted molar refractivity (Wildman–Crippen MR) is 91.5 cm³/mol. The molecule has 0 aliphatic carbocycles. The molecule has 2 aromatic heterocycles. The molecule has 128 valence electrons. The monoisotopic (exact) mass is 357 g/mol. The van der Waals surface area contributed by atoms with Crippen molar-refractivity contribution >= 4 is 17.2 Å². The summed E-state index contributed by atoms with van der Waals surface area (Å²) in [6.45, 7) is 0.394. The largest absolute Gasteiger partial charge is 0.493 e. The number of para-hydroxylation sites is 1. The quantitative estimate of drug-likeness (QED) is 0.774. The molecule has 3 aromatic rings. The summed E-state index contributed by atoms with van der Waals surface area (Å²) in [7, 11) is 0. The zero-order valence-electron chi connectivity index (χ0n) is 13.2. The molecule has 1 aromatic carbocycles. The number of carbonyl (C=O) groups excluding carboxylic acids is 1. The van der Waals surface area contributed by atoms with Gasteiger partial charge in [-0.3, -0.25) is 9.32 Å². The molecule has 3 heterocycles. The fraction of sp³-hybridized carbons (Fsp3) is 0.235. The Balaban J connectivity index is 1.53. The van der Waals surface area contributed by atoms with E-state index in [1.54, 1.807) is 0 Å². The van der Waals surface area contributed by atoms with Crippen LogP contribution in [0.2, 0.25) is 0 Å². The van der Waals surface area contributed by atoms with Gasteiger partial charge in [-0.1, -0.05) is 29.4 Å². The summed E-state index contributed by atoms with van der Waals surface area (Å²) in [5.41, 5.74) is 0.943. The fourth-order valence-electron chi connectivity index (χ4n) is 2.87. The molecule has 1 atom stereocenters. The summed E-state index contributed by atoms with van der Waals surface area (Å²) < 4.78 is 11.6. The Morgan fingerprint density at radius 3 is 3.04 bits per heavy atom. The van der Waals surface area contributed by atoms with Gasteiger partial charge in [-0.25, -0.2) is 9.36 Å². The minimum atomic E-state index is -0.647. The second-order valence-corrected chi connectivity index (χ2v) is 6.58. The number of nitrogens with zero attached hydrogens (tertiary/aromatic N) is 2. The molecule has 1 aliphatic heterocycles. The molecule has 1 amide bonds. The van der Waals surface area contributed by atoms with Crippen LogP contribution < -0.4 is 15.8 Å². The minimum absolute atomic E-state index is 0.141. The van der Waals surface area contributed by atoms with Crippen molar-refractivity contribution in [1.29, 1.82) is 0 Å². The van der Waals surface area contributed by atoms with Crippen LogP contribution in [-0.4, -0.2) is 22.2 Å². The third-order valence-corrected chi connectivity index (χ3v) is 4.89. The first-order valence-corrected chi connectivity index (χ1v) is 8.72. The van der Waals surface area contributed by atoms with E-state index >= 15 is 0 Å². The highest BCUT2D eigenvalue weighted by Crippen LogP contribution is 2.31. The van der Waals surface area contributed by atoms with E-state index in [-0.39, 0.29) is 18.5 Å². The van der Waals surface area contributed by atoms with E-state index in [0.717, 1.165) is 16.2 Å². The number of hydrogen-bond donors (Lipinski definition) is 1. The van der Waals surface area contributed by atoms with Gasteiger partial charge in [0.15, 0.2) is 5.82 Å². The Kier molecular flexibility index (Phi) is 4.10. The standard InChI is InChI=1S/C17H15N3O4S/c21-15(18-12-7-8-23-13-5-2-1-4-11(12)13)10-20-16(19-24-17(20)22)14-6-3-9-25-14/h1-6,9,12H,7-8,10H2,(H,18,21)/t12-/m1/s1. The molecular formula is C17H15N3O4S. The van der Waals surface area contributed by atoms with E-state index in [4.69, 9.17) is 9.26 Å². The lowest BCUT2D eigenvalue weighted by Crippen LogP contribution is -2.36. The van der Waals surface area contributed by atoms with Crippen LogP contribution in [0.3, 0.4) is 0 Å². The van der Waals surface area contributed by atoms with Gasteiger partial charge in [0.1, 0.15) is 12.3 Å². The van der Waals surface area contributed by atoms with Crippen molar-refractivity contribution < 1.29 is 14.1 Å². The van der Waals surface area contributed by atoms with E-state index in [0.29, 0.717) is 18.9 Å². The third-order valence-electron chi connectivity index (χ3n) is 4.02. The molecule has 0 saturated carbocycles. The van der Waals surface area contributed by atoms with Crippen LogP contribution >= 0.6 is 11.3 Å². The average molecular weight is 357 g/mol. The van der Waals surface area contributed by atoms with E-state index in [1.165, 1.54) is 15.9 Å². The maximum absolute atomic E-state index is 12.5. The molecule has 0 fully saturated rings. The molecule has 0 spiro atoms. The molecule has 0 bridgehead atoms. The Labute approximate surface area is 146 Å². The minimum Gasteiger partial charge on any atom is -0.493 e. The number of hydrogen-bond acceptors (Lipinski definition) is 6. The van der Waals surface area contributed by atoms with Crippen molar-refractivity contribution in [2.75, 3.05) is 6.61 Å². The highest BCUT2D eigenvalue weighted by atomic mass is 32.1. The molecule has 25 heavy (non-hydrogen) atoms. The van der Waals surface area contributed by atoms with Crippen LogP contribution in [0.5, 0.6) is 5.75 Å². The molecule has 0 radical (unpaired) electrons. The van der Waals surface area contributed by atoms with Crippen LogP contribution in [0.1, 0.15) is 18.0 Å². The maximum atomic E-state index is 12.5. The van der Waals surface area contributed by atoms with Crippen LogP contribution in [0.15, 0.2) is 51.1 Å². The lowest BCUT2D eigenvalue weighted by Gasteiger charge is -2.26. The highest BCUT2D eigenvalue weighted by molar-refractivity contribution is 7.13. The smallest absolute Gasteiger partial charge is 0.442 e. The first-order chi connectivity index (χ1) is 12.2. The number of nitrogens with one attached hydrogen (secondary N) is 1. The van der Waals surface area contributed by atoms with Gasteiger partial charge in [-0.15, -0.1) is 11.3 Å². The lowest BCUT2D eigenvalue weighted by molar-refractivity contribution is -0.122. The van der Waals surface area contributed by atoms with Crippen molar-refractivity contribution in [3.63, 3.8) is 0 Å². The molecule has 7 nitrogen and oxygen atoms in total. The summed E-state index contributed by atoms with van der Waals surface area (Å²) in [4.78, 5) is 25.2. The molecule has 0 unspecified atom stereocenters. The molecule has 8 heteroatoms. The van der Waals surface area contributed by atoms with E-state index in [2.05, 4.69) is 10.5 Å². The van der Waals surface area contributed by atoms with E-state index < -0.39 is 5.76 Å². The number of ether oxygens (including phenoxy) is 1. The third kappa shape index (κ3) is 3.08. The van der Waals surface area contributed by atoms with E-state index in [1.807, 2.05) is 41.8 Å². The number of fused-ring (bicyclic) bond motifs is 1. The Morgan fingerprint density at radius 2 is 2.20 bits per heavy atom. The zero-order chi connectivity index (χ0) is 17.2. The zero-order valence-corrected chi connectivity index (χ0v) is 14.0. The fourth-order valence-corrected chi connectivity index (χ4v) is 3.58. The Morgan fingerprint density at radius 1 is 1.32 bits per heavy atom.